The number of benzene rings is 2. The Morgan fingerprint density at radius 3 is 2.35 bits per heavy atom. The second kappa shape index (κ2) is 6.06. The van der Waals surface area contributed by atoms with Crippen LogP contribution in [-0.2, 0) is 9.53 Å². The van der Waals surface area contributed by atoms with Crippen LogP contribution in [0, 0.1) is 0 Å². The van der Waals surface area contributed by atoms with Gasteiger partial charge in [-0.1, -0.05) is 35.9 Å². The Morgan fingerprint density at radius 2 is 1.74 bits per heavy atom. The maximum absolute atomic E-state index is 12.8. The molecule has 0 saturated heterocycles. The van der Waals surface area contributed by atoms with Gasteiger partial charge < -0.3 is 4.74 Å². The molecule has 23 heavy (non-hydrogen) atoms. The second-order valence-corrected chi connectivity index (χ2v) is 7.20. The van der Waals surface area contributed by atoms with Gasteiger partial charge in [0.2, 0.25) is 5.78 Å². The number of thioether (sulfide) groups is 1. The van der Waals surface area contributed by atoms with Crippen LogP contribution in [0.1, 0.15) is 25.0 Å². The zero-order valence-electron chi connectivity index (χ0n) is 13.2. The molecule has 0 aliphatic carbocycles. The number of ketones is 1. The zero-order valence-corrected chi connectivity index (χ0v) is 14.8. The van der Waals surface area contributed by atoms with Crippen molar-refractivity contribution in [3.63, 3.8) is 0 Å². The molecule has 3 rings (SSSR count). The molecule has 0 amide bonds. The van der Waals surface area contributed by atoms with Gasteiger partial charge in [-0.25, -0.2) is 0 Å². The topological polar surface area (TPSA) is 26.3 Å². The van der Waals surface area contributed by atoms with Gasteiger partial charge in [-0.05, 0) is 49.9 Å². The van der Waals surface area contributed by atoms with Gasteiger partial charge in [0.05, 0.1) is 5.57 Å². The summed E-state index contributed by atoms with van der Waals surface area (Å²) >= 11 is 7.77. The highest BCUT2D eigenvalue weighted by Gasteiger charge is 2.42. The van der Waals surface area contributed by atoms with Crippen molar-refractivity contribution in [3.05, 3.63) is 64.7 Å². The Labute approximate surface area is 145 Å². The third-order valence-corrected chi connectivity index (χ3v) is 4.80. The molecular formula is C19H17ClO2S. The van der Waals surface area contributed by atoms with Gasteiger partial charge in [-0.3, -0.25) is 4.79 Å². The molecule has 0 spiro atoms. The third kappa shape index (κ3) is 3.04. The van der Waals surface area contributed by atoms with Crippen LogP contribution in [-0.4, -0.2) is 17.6 Å². The molecule has 2 aromatic rings. The number of halogens is 1. The number of rotatable bonds is 3. The molecule has 0 atom stereocenters. The summed E-state index contributed by atoms with van der Waals surface area (Å²) in [6, 6.07) is 15.4. The first-order valence-electron chi connectivity index (χ1n) is 7.31. The van der Waals surface area contributed by atoms with E-state index in [4.69, 9.17) is 16.3 Å². The smallest absolute Gasteiger partial charge is 0.210 e. The SMILES string of the molecule is CSc1ccc(C2=C(c3cccc(Cl)c3)OC(C)(C)C2=O)cc1. The van der Waals surface area contributed by atoms with E-state index in [9.17, 15) is 4.79 Å². The number of carbonyl (C=O) groups excluding carboxylic acids is 1. The summed E-state index contributed by atoms with van der Waals surface area (Å²) in [6.45, 7) is 3.59. The molecule has 0 saturated carbocycles. The second-order valence-electron chi connectivity index (χ2n) is 5.88. The molecule has 2 nitrogen and oxygen atoms in total. The van der Waals surface area contributed by atoms with Crippen LogP contribution in [0.25, 0.3) is 11.3 Å². The summed E-state index contributed by atoms with van der Waals surface area (Å²) in [5.74, 6) is 0.587. The van der Waals surface area contributed by atoms with Crippen molar-refractivity contribution in [1.29, 1.82) is 0 Å². The average molecular weight is 345 g/mol. The largest absolute Gasteiger partial charge is 0.478 e. The molecule has 0 fully saturated rings. The molecule has 0 bridgehead atoms. The van der Waals surface area contributed by atoms with Gasteiger partial charge in [-0.2, -0.15) is 0 Å². The van der Waals surface area contributed by atoms with Crippen LogP contribution in [0.4, 0.5) is 0 Å². The van der Waals surface area contributed by atoms with E-state index < -0.39 is 5.60 Å². The molecule has 0 radical (unpaired) electrons. The van der Waals surface area contributed by atoms with Crippen molar-refractivity contribution in [2.45, 2.75) is 24.3 Å². The van der Waals surface area contributed by atoms with Gasteiger partial charge in [0.15, 0.2) is 5.60 Å². The van der Waals surface area contributed by atoms with Crippen LogP contribution in [0.2, 0.25) is 5.02 Å². The molecule has 2 aromatic carbocycles. The van der Waals surface area contributed by atoms with E-state index in [1.165, 1.54) is 0 Å². The zero-order chi connectivity index (χ0) is 16.6. The highest BCUT2D eigenvalue weighted by Crippen LogP contribution is 2.41. The van der Waals surface area contributed by atoms with E-state index in [0.29, 0.717) is 16.4 Å². The lowest BCUT2D eigenvalue weighted by Crippen LogP contribution is -2.29. The fraction of sp³-hybridized carbons (Fsp3) is 0.211. The Bertz CT molecular complexity index is 791. The summed E-state index contributed by atoms with van der Waals surface area (Å²) < 4.78 is 5.99. The summed E-state index contributed by atoms with van der Waals surface area (Å²) in [5, 5.41) is 0.618. The predicted octanol–water partition coefficient (Wildman–Crippen LogP) is 5.31. The van der Waals surface area contributed by atoms with Gasteiger partial charge >= 0.3 is 0 Å². The van der Waals surface area contributed by atoms with E-state index in [-0.39, 0.29) is 5.78 Å². The van der Waals surface area contributed by atoms with Crippen molar-refractivity contribution in [3.8, 4) is 0 Å². The summed E-state index contributed by atoms with van der Waals surface area (Å²) in [4.78, 5) is 14.0. The van der Waals surface area contributed by atoms with Crippen LogP contribution in [0.5, 0.6) is 0 Å². The van der Waals surface area contributed by atoms with E-state index in [0.717, 1.165) is 16.0 Å². The van der Waals surface area contributed by atoms with Gasteiger partial charge in [0, 0.05) is 15.5 Å². The quantitative estimate of drug-likeness (QED) is 0.706. The molecule has 4 heteroatoms. The van der Waals surface area contributed by atoms with Crippen molar-refractivity contribution >= 4 is 40.5 Å². The van der Waals surface area contributed by atoms with E-state index in [2.05, 4.69) is 0 Å². The first kappa shape index (κ1) is 16.2. The minimum absolute atomic E-state index is 0.00984. The lowest BCUT2D eigenvalue weighted by Gasteiger charge is -2.17. The van der Waals surface area contributed by atoms with Gasteiger partial charge in [0.1, 0.15) is 5.76 Å². The maximum Gasteiger partial charge on any atom is 0.210 e. The molecule has 0 unspecified atom stereocenters. The number of carbonyl (C=O) groups is 1. The summed E-state index contributed by atoms with van der Waals surface area (Å²) in [6.07, 6.45) is 2.03. The van der Waals surface area contributed by atoms with Crippen molar-refractivity contribution in [2.24, 2.45) is 0 Å². The predicted molar refractivity (Wildman–Crippen MR) is 96.7 cm³/mol. The number of Topliss-reactive ketones (excluding diaryl/α,β-unsaturated/α-hetero) is 1. The fourth-order valence-corrected chi connectivity index (χ4v) is 3.21. The van der Waals surface area contributed by atoms with Crippen LogP contribution in [0.15, 0.2) is 53.4 Å². The van der Waals surface area contributed by atoms with E-state index in [1.54, 1.807) is 31.7 Å². The number of hydrogen-bond donors (Lipinski definition) is 0. The van der Waals surface area contributed by atoms with E-state index in [1.807, 2.05) is 48.7 Å². The Hall–Kier alpha value is -1.71. The fourth-order valence-electron chi connectivity index (χ4n) is 2.61. The van der Waals surface area contributed by atoms with Gasteiger partial charge in [-0.15, -0.1) is 11.8 Å². The van der Waals surface area contributed by atoms with E-state index >= 15 is 0 Å². The molecule has 118 valence electrons. The lowest BCUT2D eigenvalue weighted by atomic mass is 9.93. The van der Waals surface area contributed by atoms with Crippen LogP contribution in [0.3, 0.4) is 0 Å². The van der Waals surface area contributed by atoms with Gasteiger partial charge in [0.25, 0.3) is 0 Å². The molecule has 1 heterocycles. The molecule has 1 aliphatic rings. The first-order chi connectivity index (χ1) is 10.9. The monoisotopic (exact) mass is 344 g/mol. The standard InChI is InChI=1S/C19H17ClO2S/c1-19(2)18(21)16(12-7-9-15(23-3)10-8-12)17(22-19)13-5-4-6-14(20)11-13/h4-11H,1-3H3. The Kier molecular flexibility index (Phi) is 4.26. The number of ether oxygens (including phenoxy) is 1. The highest BCUT2D eigenvalue weighted by molar-refractivity contribution is 7.98. The molecule has 1 aliphatic heterocycles. The highest BCUT2D eigenvalue weighted by atomic mass is 35.5. The minimum atomic E-state index is -0.870. The van der Waals surface area contributed by atoms with Crippen molar-refractivity contribution < 1.29 is 9.53 Å². The normalized spacial score (nSPS) is 16.6. The van der Waals surface area contributed by atoms with Crippen LogP contribution < -0.4 is 0 Å². The third-order valence-electron chi connectivity index (χ3n) is 3.82. The lowest BCUT2D eigenvalue weighted by molar-refractivity contribution is -0.125. The minimum Gasteiger partial charge on any atom is -0.478 e. The molecule has 0 N–H and O–H groups in total. The molecular weight excluding hydrogens is 328 g/mol. The Morgan fingerprint density at radius 1 is 1.04 bits per heavy atom. The Balaban J connectivity index is 2.16. The van der Waals surface area contributed by atoms with Crippen LogP contribution >= 0.6 is 23.4 Å². The van der Waals surface area contributed by atoms with Crippen molar-refractivity contribution in [2.75, 3.05) is 6.26 Å². The number of hydrogen-bond acceptors (Lipinski definition) is 3. The molecule has 0 aromatic heterocycles. The maximum atomic E-state index is 12.8. The first-order valence-corrected chi connectivity index (χ1v) is 8.91. The van der Waals surface area contributed by atoms with Crippen molar-refractivity contribution in [1.82, 2.24) is 0 Å². The average Bonchev–Trinajstić information content (AvgIpc) is 2.78. The summed E-state index contributed by atoms with van der Waals surface area (Å²) in [5.41, 5.74) is 1.43. The summed E-state index contributed by atoms with van der Waals surface area (Å²) in [7, 11) is 0.